The highest BCUT2D eigenvalue weighted by atomic mass is 15.0. The third-order valence-corrected chi connectivity index (χ3v) is 6.15. The van der Waals surface area contributed by atoms with E-state index in [0.717, 1.165) is 40.5 Å². The molecule has 20 heavy (non-hydrogen) atoms. The molecule has 4 rings (SSSR count). The molecule has 0 amide bonds. The predicted molar refractivity (Wildman–Crippen MR) is 80.3 cm³/mol. The molecule has 0 radical (unpaired) electrons. The highest BCUT2D eigenvalue weighted by Gasteiger charge is 2.53. The lowest BCUT2D eigenvalue weighted by Gasteiger charge is -2.33. The second kappa shape index (κ2) is 4.52. The van der Waals surface area contributed by atoms with Gasteiger partial charge in [0.15, 0.2) is 0 Å². The fraction of sp³-hybridized carbons (Fsp3) is 0.611. The van der Waals surface area contributed by atoms with E-state index in [1.807, 2.05) is 13.0 Å². The van der Waals surface area contributed by atoms with Crippen LogP contribution in [-0.4, -0.2) is 6.04 Å². The first-order valence-electron chi connectivity index (χ1n) is 8.04. The molecule has 3 aliphatic carbocycles. The summed E-state index contributed by atoms with van der Waals surface area (Å²) >= 11 is 0. The van der Waals surface area contributed by atoms with Gasteiger partial charge >= 0.3 is 0 Å². The van der Waals surface area contributed by atoms with E-state index in [4.69, 9.17) is 0 Å². The van der Waals surface area contributed by atoms with Gasteiger partial charge in [-0.25, -0.2) is 0 Å². The van der Waals surface area contributed by atoms with Gasteiger partial charge in [-0.1, -0.05) is 18.6 Å². The highest BCUT2D eigenvalue weighted by Crippen LogP contribution is 2.59. The Bertz CT molecular complexity index is 571. The van der Waals surface area contributed by atoms with Crippen LogP contribution < -0.4 is 5.32 Å². The number of nitriles is 1. The minimum atomic E-state index is 0.605. The van der Waals surface area contributed by atoms with E-state index < -0.39 is 0 Å². The van der Waals surface area contributed by atoms with Crippen molar-refractivity contribution in [3.63, 3.8) is 0 Å². The number of hydrogen-bond acceptors (Lipinski definition) is 2. The Labute approximate surface area is 121 Å². The van der Waals surface area contributed by atoms with Gasteiger partial charge in [0.2, 0.25) is 0 Å². The number of aryl methyl sites for hydroxylation is 1. The summed E-state index contributed by atoms with van der Waals surface area (Å²) in [5.74, 6) is 3.83. The van der Waals surface area contributed by atoms with Gasteiger partial charge in [0.1, 0.15) is 6.07 Å². The van der Waals surface area contributed by atoms with Crippen LogP contribution in [0.2, 0.25) is 0 Å². The molecule has 0 heterocycles. The Morgan fingerprint density at radius 1 is 1.15 bits per heavy atom. The average molecular weight is 266 g/mol. The molecule has 2 bridgehead atoms. The Hall–Kier alpha value is -1.49. The van der Waals surface area contributed by atoms with Crippen molar-refractivity contribution in [1.29, 1.82) is 5.26 Å². The van der Waals surface area contributed by atoms with Gasteiger partial charge in [-0.3, -0.25) is 0 Å². The van der Waals surface area contributed by atoms with Crippen molar-refractivity contribution >= 4 is 5.69 Å². The van der Waals surface area contributed by atoms with Gasteiger partial charge in [0.05, 0.1) is 11.3 Å². The SMILES string of the molecule is Cc1cccc(NC2CC3CC2C2CCCC32)c1C#N. The van der Waals surface area contributed by atoms with Crippen molar-refractivity contribution in [2.45, 2.75) is 45.1 Å². The monoisotopic (exact) mass is 266 g/mol. The van der Waals surface area contributed by atoms with Gasteiger partial charge in [-0.15, -0.1) is 0 Å². The van der Waals surface area contributed by atoms with Crippen molar-refractivity contribution in [3.05, 3.63) is 29.3 Å². The first kappa shape index (κ1) is 12.3. The van der Waals surface area contributed by atoms with Crippen LogP contribution in [0.4, 0.5) is 5.69 Å². The fourth-order valence-corrected chi connectivity index (χ4v) is 5.37. The second-order valence-corrected chi connectivity index (χ2v) is 7.01. The van der Waals surface area contributed by atoms with Crippen molar-refractivity contribution in [3.8, 4) is 6.07 Å². The molecule has 1 aromatic carbocycles. The first-order valence-corrected chi connectivity index (χ1v) is 8.04. The van der Waals surface area contributed by atoms with Crippen molar-refractivity contribution < 1.29 is 0 Å². The van der Waals surface area contributed by atoms with Gasteiger partial charge < -0.3 is 5.32 Å². The number of rotatable bonds is 2. The molecule has 3 aliphatic rings. The molecule has 3 fully saturated rings. The van der Waals surface area contributed by atoms with E-state index in [2.05, 4.69) is 23.5 Å². The summed E-state index contributed by atoms with van der Waals surface area (Å²) in [4.78, 5) is 0. The van der Waals surface area contributed by atoms with E-state index in [9.17, 15) is 5.26 Å². The Morgan fingerprint density at radius 2 is 2.00 bits per heavy atom. The molecule has 104 valence electrons. The molecule has 1 aromatic rings. The Morgan fingerprint density at radius 3 is 2.85 bits per heavy atom. The first-order chi connectivity index (χ1) is 9.78. The van der Waals surface area contributed by atoms with E-state index in [1.54, 1.807) is 0 Å². The lowest BCUT2D eigenvalue weighted by atomic mass is 9.79. The maximum atomic E-state index is 9.37. The largest absolute Gasteiger partial charge is 0.381 e. The summed E-state index contributed by atoms with van der Waals surface area (Å²) in [6.45, 7) is 2.03. The van der Waals surface area contributed by atoms with Crippen LogP contribution in [0.3, 0.4) is 0 Å². The van der Waals surface area contributed by atoms with E-state index in [1.165, 1.54) is 32.1 Å². The lowest BCUT2D eigenvalue weighted by Crippen LogP contribution is -2.34. The molecule has 1 N–H and O–H groups in total. The predicted octanol–water partition coefficient (Wildman–Crippen LogP) is 4.10. The zero-order valence-corrected chi connectivity index (χ0v) is 12.1. The minimum absolute atomic E-state index is 0.605. The third kappa shape index (κ3) is 1.69. The van der Waals surface area contributed by atoms with Crippen LogP contribution in [-0.2, 0) is 0 Å². The zero-order chi connectivity index (χ0) is 13.7. The lowest BCUT2D eigenvalue weighted by molar-refractivity contribution is 0.243. The molecule has 5 atom stereocenters. The molecule has 2 heteroatoms. The summed E-state index contributed by atoms with van der Waals surface area (Å²) in [5, 5.41) is 13.1. The van der Waals surface area contributed by atoms with Gasteiger partial charge in [-0.2, -0.15) is 5.26 Å². The Kier molecular flexibility index (Phi) is 2.77. The Balaban J connectivity index is 1.57. The third-order valence-electron chi connectivity index (χ3n) is 6.15. The van der Waals surface area contributed by atoms with Crippen LogP contribution in [0.25, 0.3) is 0 Å². The molecule has 0 spiro atoms. The van der Waals surface area contributed by atoms with Gasteiger partial charge in [-0.05, 0) is 67.9 Å². The normalized spacial score (nSPS) is 37.7. The molecule has 2 nitrogen and oxygen atoms in total. The molecule has 3 saturated carbocycles. The highest BCUT2D eigenvalue weighted by molar-refractivity contribution is 5.61. The molecule has 0 aliphatic heterocycles. The van der Waals surface area contributed by atoms with E-state index >= 15 is 0 Å². The van der Waals surface area contributed by atoms with E-state index in [0.29, 0.717) is 6.04 Å². The van der Waals surface area contributed by atoms with Crippen molar-refractivity contribution in [2.75, 3.05) is 5.32 Å². The molecule has 5 unspecified atom stereocenters. The molecule has 0 aromatic heterocycles. The van der Waals surface area contributed by atoms with Crippen LogP contribution in [0.1, 0.15) is 43.2 Å². The number of nitrogens with zero attached hydrogens (tertiary/aromatic N) is 1. The molecular weight excluding hydrogens is 244 g/mol. The van der Waals surface area contributed by atoms with Crippen LogP contribution >= 0.6 is 0 Å². The van der Waals surface area contributed by atoms with E-state index in [-0.39, 0.29) is 0 Å². The van der Waals surface area contributed by atoms with Crippen LogP contribution in [0.5, 0.6) is 0 Å². The quantitative estimate of drug-likeness (QED) is 0.874. The summed E-state index contributed by atoms with van der Waals surface area (Å²) < 4.78 is 0. The summed E-state index contributed by atoms with van der Waals surface area (Å²) in [5.41, 5.74) is 2.97. The minimum Gasteiger partial charge on any atom is -0.381 e. The standard InChI is InChI=1S/C18H22N2/c1-11-4-2-7-17(16(11)10-19)20-18-9-12-8-15(18)14-6-3-5-13(12)14/h2,4,7,12-15,18,20H,3,5-6,8-9H2,1H3. The van der Waals surface area contributed by atoms with Crippen LogP contribution in [0.15, 0.2) is 18.2 Å². The summed E-state index contributed by atoms with van der Waals surface area (Å²) in [6, 6.07) is 9.13. The zero-order valence-electron chi connectivity index (χ0n) is 12.1. The number of benzene rings is 1. The topological polar surface area (TPSA) is 35.8 Å². The van der Waals surface area contributed by atoms with Crippen LogP contribution in [0, 0.1) is 41.9 Å². The van der Waals surface area contributed by atoms with Crippen molar-refractivity contribution in [1.82, 2.24) is 0 Å². The second-order valence-electron chi connectivity index (χ2n) is 7.01. The number of anilines is 1. The summed E-state index contributed by atoms with van der Waals surface area (Å²) in [6.07, 6.45) is 7.13. The van der Waals surface area contributed by atoms with Gasteiger partial charge in [0.25, 0.3) is 0 Å². The maximum absolute atomic E-state index is 9.37. The fourth-order valence-electron chi connectivity index (χ4n) is 5.37. The smallest absolute Gasteiger partial charge is 0.102 e. The molecule has 0 saturated heterocycles. The summed E-state index contributed by atoms with van der Waals surface area (Å²) in [7, 11) is 0. The number of nitrogens with one attached hydrogen (secondary N) is 1. The average Bonchev–Trinajstić information content (AvgIpc) is 3.11. The number of hydrogen-bond donors (Lipinski definition) is 1. The van der Waals surface area contributed by atoms with Gasteiger partial charge in [0, 0.05) is 6.04 Å². The molecular formula is C18H22N2. The maximum Gasteiger partial charge on any atom is 0.102 e. The number of fused-ring (bicyclic) bond motifs is 5. The van der Waals surface area contributed by atoms with Crippen molar-refractivity contribution in [2.24, 2.45) is 23.7 Å².